The summed E-state index contributed by atoms with van der Waals surface area (Å²) in [4.78, 5) is 42.1. The highest BCUT2D eigenvalue weighted by Crippen LogP contribution is 2.34. The van der Waals surface area contributed by atoms with Crippen molar-refractivity contribution in [3.8, 4) is 17.2 Å². The van der Waals surface area contributed by atoms with Gasteiger partial charge in [0.1, 0.15) is 11.9 Å². The highest BCUT2D eigenvalue weighted by molar-refractivity contribution is 6.02. The zero-order chi connectivity index (χ0) is 29.0. The van der Waals surface area contributed by atoms with Crippen molar-refractivity contribution < 1.29 is 33.7 Å². The molecule has 5 amide bonds. The van der Waals surface area contributed by atoms with Gasteiger partial charge < -0.3 is 45.1 Å². The topological polar surface area (TPSA) is 142 Å². The molecule has 12 nitrogen and oxygen atoms in total. The molecule has 2 heterocycles. The van der Waals surface area contributed by atoms with Gasteiger partial charge in [0.25, 0.3) is 5.91 Å². The van der Waals surface area contributed by atoms with E-state index in [9.17, 15) is 19.5 Å². The summed E-state index contributed by atoms with van der Waals surface area (Å²) in [7, 11) is 1.69. The Kier molecular flexibility index (Phi) is 8.88. The molecule has 4 rings (SSSR count). The van der Waals surface area contributed by atoms with E-state index in [4.69, 9.17) is 14.2 Å². The van der Waals surface area contributed by atoms with Gasteiger partial charge in [0.2, 0.25) is 6.79 Å². The molecule has 0 spiro atoms. The summed E-state index contributed by atoms with van der Waals surface area (Å²) in [5.74, 6) is 0.998. The third-order valence-electron chi connectivity index (χ3n) is 6.77. The van der Waals surface area contributed by atoms with Crippen molar-refractivity contribution in [2.24, 2.45) is 5.92 Å². The molecule has 216 valence electrons. The number of hydrogen-bond acceptors (Lipinski definition) is 7. The molecule has 0 bridgehead atoms. The van der Waals surface area contributed by atoms with Crippen LogP contribution in [0.5, 0.6) is 17.2 Å². The molecule has 0 saturated heterocycles. The van der Waals surface area contributed by atoms with Gasteiger partial charge >= 0.3 is 12.1 Å². The molecule has 0 radical (unpaired) electrons. The molecule has 0 unspecified atom stereocenters. The molecular formula is C28H37N5O7. The minimum Gasteiger partial charge on any atom is -0.487 e. The Morgan fingerprint density at radius 3 is 2.38 bits per heavy atom. The highest BCUT2D eigenvalue weighted by atomic mass is 16.7. The van der Waals surface area contributed by atoms with Crippen LogP contribution in [0.3, 0.4) is 0 Å². The fourth-order valence-corrected chi connectivity index (χ4v) is 4.50. The molecule has 0 saturated carbocycles. The van der Waals surface area contributed by atoms with E-state index >= 15 is 0 Å². The standard InChI is InChI=1S/C28H37N5O7/c1-16(2)29-28(37)32(5)13-25-17(3)12-33(18(4)14-34)26(35)21-10-19(6-8-22(21)40-25)30-27(36)31-20-7-9-23-24(11-20)39-15-38-23/h6-11,16-18,25,34H,12-15H2,1-5H3,(H,29,37)(H2,30,31,36)/t17-,18+,25-/m1/s1. The van der Waals surface area contributed by atoms with E-state index in [0.717, 1.165) is 0 Å². The second-order valence-electron chi connectivity index (χ2n) is 10.5. The van der Waals surface area contributed by atoms with Crippen LogP contribution in [0.15, 0.2) is 36.4 Å². The number of hydrogen-bond donors (Lipinski definition) is 4. The smallest absolute Gasteiger partial charge is 0.323 e. The minimum absolute atomic E-state index is 0.0157. The second-order valence-corrected chi connectivity index (χ2v) is 10.5. The Labute approximate surface area is 233 Å². The molecule has 0 fully saturated rings. The van der Waals surface area contributed by atoms with Gasteiger partial charge in [-0.2, -0.15) is 0 Å². The largest absolute Gasteiger partial charge is 0.487 e. The third-order valence-corrected chi connectivity index (χ3v) is 6.77. The van der Waals surface area contributed by atoms with Crippen molar-refractivity contribution in [2.75, 3.05) is 44.2 Å². The molecule has 2 aliphatic heterocycles. The average Bonchev–Trinajstić information content (AvgIpc) is 3.38. The number of nitrogens with zero attached hydrogens (tertiary/aromatic N) is 2. The number of aliphatic hydroxyl groups is 1. The van der Waals surface area contributed by atoms with Gasteiger partial charge in [0.05, 0.1) is 24.8 Å². The van der Waals surface area contributed by atoms with E-state index in [-0.39, 0.29) is 49.4 Å². The molecule has 2 aromatic rings. The van der Waals surface area contributed by atoms with Crippen LogP contribution in [0, 0.1) is 5.92 Å². The van der Waals surface area contributed by atoms with Crippen molar-refractivity contribution in [2.45, 2.75) is 45.9 Å². The molecule has 2 aromatic carbocycles. The highest BCUT2D eigenvalue weighted by Gasteiger charge is 2.34. The van der Waals surface area contributed by atoms with Crippen molar-refractivity contribution in [1.82, 2.24) is 15.1 Å². The summed E-state index contributed by atoms with van der Waals surface area (Å²) in [6.07, 6.45) is -0.434. The van der Waals surface area contributed by atoms with Crippen molar-refractivity contribution in [3.63, 3.8) is 0 Å². The Morgan fingerprint density at radius 2 is 1.70 bits per heavy atom. The molecule has 0 aliphatic carbocycles. The molecule has 0 aromatic heterocycles. The van der Waals surface area contributed by atoms with Crippen LogP contribution in [-0.4, -0.2) is 84.6 Å². The van der Waals surface area contributed by atoms with Gasteiger partial charge in [0.15, 0.2) is 11.5 Å². The molecule has 2 aliphatic rings. The maximum atomic E-state index is 13.6. The number of urea groups is 2. The summed E-state index contributed by atoms with van der Waals surface area (Å²) >= 11 is 0. The number of anilines is 2. The number of carbonyl (C=O) groups excluding carboxylic acids is 3. The summed E-state index contributed by atoms with van der Waals surface area (Å²) in [5.41, 5.74) is 1.13. The normalized spacial score (nSPS) is 18.7. The number of fused-ring (bicyclic) bond motifs is 2. The number of amides is 5. The Balaban J connectivity index is 1.55. The van der Waals surface area contributed by atoms with E-state index in [1.807, 2.05) is 20.8 Å². The van der Waals surface area contributed by atoms with Gasteiger partial charge in [-0.15, -0.1) is 0 Å². The Bertz CT molecular complexity index is 1250. The van der Waals surface area contributed by atoms with Crippen LogP contribution in [-0.2, 0) is 0 Å². The Morgan fingerprint density at radius 1 is 1.05 bits per heavy atom. The van der Waals surface area contributed by atoms with E-state index in [1.54, 1.807) is 60.2 Å². The van der Waals surface area contributed by atoms with Gasteiger partial charge in [-0.3, -0.25) is 4.79 Å². The number of nitrogens with one attached hydrogen (secondary N) is 3. The van der Waals surface area contributed by atoms with Gasteiger partial charge in [-0.1, -0.05) is 6.92 Å². The predicted octanol–water partition coefficient (Wildman–Crippen LogP) is 3.33. The van der Waals surface area contributed by atoms with Crippen LogP contribution in [0.4, 0.5) is 21.0 Å². The zero-order valence-electron chi connectivity index (χ0n) is 23.4. The van der Waals surface area contributed by atoms with Crippen LogP contribution >= 0.6 is 0 Å². The molecular weight excluding hydrogens is 518 g/mol. The number of ether oxygens (including phenoxy) is 3. The van der Waals surface area contributed by atoms with Gasteiger partial charge in [-0.25, -0.2) is 9.59 Å². The van der Waals surface area contributed by atoms with E-state index in [1.165, 1.54) is 0 Å². The molecule has 4 N–H and O–H groups in total. The fourth-order valence-electron chi connectivity index (χ4n) is 4.50. The first kappa shape index (κ1) is 28.8. The monoisotopic (exact) mass is 555 g/mol. The summed E-state index contributed by atoms with van der Waals surface area (Å²) in [5, 5.41) is 18.2. The lowest BCUT2D eigenvalue weighted by Gasteiger charge is -2.38. The third kappa shape index (κ3) is 6.68. The first-order chi connectivity index (χ1) is 19.0. The number of rotatable bonds is 7. The summed E-state index contributed by atoms with van der Waals surface area (Å²) in [6.45, 7) is 8.00. The van der Waals surface area contributed by atoms with Crippen LogP contribution in [0.1, 0.15) is 38.1 Å². The number of carbonyl (C=O) groups is 3. The second kappa shape index (κ2) is 12.3. The van der Waals surface area contributed by atoms with E-state index in [2.05, 4.69) is 16.0 Å². The first-order valence-electron chi connectivity index (χ1n) is 13.3. The Hall–Kier alpha value is -4.19. The first-order valence-corrected chi connectivity index (χ1v) is 13.3. The molecule has 12 heteroatoms. The minimum atomic E-state index is -0.511. The van der Waals surface area contributed by atoms with Gasteiger partial charge in [0, 0.05) is 43.0 Å². The van der Waals surface area contributed by atoms with Gasteiger partial charge in [-0.05, 0) is 51.1 Å². The van der Waals surface area contributed by atoms with Crippen LogP contribution in [0.2, 0.25) is 0 Å². The maximum absolute atomic E-state index is 13.6. The quantitative estimate of drug-likeness (QED) is 0.411. The van der Waals surface area contributed by atoms with Crippen molar-refractivity contribution >= 4 is 29.3 Å². The van der Waals surface area contributed by atoms with Crippen LogP contribution < -0.4 is 30.2 Å². The van der Waals surface area contributed by atoms with Crippen molar-refractivity contribution in [3.05, 3.63) is 42.0 Å². The summed E-state index contributed by atoms with van der Waals surface area (Å²) < 4.78 is 17.0. The van der Waals surface area contributed by atoms with Crippen molar-refractivity contribution in [1.29, 1.82) is 0 Å². The predicted molar refractivity (Wildman–Crippen MR) is 149 cm³/mol. The average molecular weight is 556 g/mol. The maximum Gasteiger partial charge on any atom is 0.323 e. The lowest BCUT2D eigenvalue weighted by atomic mass is 9.99. The lowest BCUT2D eigenvalue weighted by molar-refractivity contribution is 0.0366. The molecule has 3 atom stereocenters. The van der Waals surface area contributed by atoms with Crippen LogP contribution in [0.25, 0.3) is 0 Å². The fraction of sp³-hybridized carbons (Fsp3) is 0.464. The van der Waals surface area contributed by atoms with E-state index < -0.39 is 18.2 Å². The number of benzene rings is 2. The number of aliphatic hydroxyl groups excluding tert-OH is 1. The molecule has 40 heavy (non-hydrogen) atoms. The zero-order valence-corrected chi connectivity index (χ0v) is 23.4. The summed E-state index contributed by atoms with van der Waals surface area (Å²) in [6, 6.07) is 8.68. The lowest BCUT2D eigenvalue weighted by Crippen LogP contribution is -2.51. The number of likely N-dealkylation sites (N-methyl/N-ethyl adjacent to an activating group) is 1. The SMILES string of the molecule is CC(C)NC(=O)N(C)C[C@H]1Oc2ccc(NC(=O)Nc3ccc4c(c3)OCO4)cc2C(=O)N([C@@H](C)CO)C[C@H]1C. The van der Waals surface area contributed by atoms with E-state index in [0.29, 0.717) is 35.2 Å².